The van der Waals surface area contributed by atoms with Gasteiger partial charge in [0.15, 0.2) is 11.6 Å². The third kappa shape index (κ3) is 4.23. The predicted octanol–water partition coefficient (Wildman–Crippen LogP) is 1.75. The molecule has 1 aliphatic carbocycles. The van der Waals surface area contributed by atoms with E-state index in [9.17, 15) is 19.0 Å². The van der Waals surface area contributed by atoms with Crippen molar-refractivity contribution in [3.8, 4) is 0 Å². The number of aliphatic hydroxyl groups is 2. The number of benzene rings is 1. The van der Waals surface area contributed by atoms with Gasteiger partial charge in [-0.15, -0.1) is 0 Å². The molecule has 1 fully saturated rings. The number of aliphatic hydroxyl groups excluding tert-OH is 2. The topological polar surface area (TPSA) is 78.3 Å². The van der Waals surface area contributed by atoms with E-state index in [0.717, 1.165) is 11.8 Å². The van der Waals surface area contributed by atoms with Gasteiger partial charge in [0.2, 0.25) is 0 Å². The van der Waals surface area contributed by atoms with Crippen molar-refractivity contribution in [1.82, 2.24) is 15.3 Å². The third-order valence-electron chi connectivity index (χ3n) is 5.10. The van der Waals surface area contributed by atoms with Crippen LogP contribution >= 0.6 is 0 Å². The zero-order valence-corrected chi connectivity index (χ0v) is 14.6. The number of hydrogen-bond donors (Lipinski definition) is 3. The summed E-state index contributed by atoms with van der Waals surface area (Å²) >= 11 is 0. The van der Waals surface area contributed by atoms with E-state index < -0.39 is 17.7 Å². The van der Waals surface area contributed by atoms with Gasteiger partial charge in [-0.25, -0.2) is 18.7 Å². The Balaban J connectivity index is 1.72. The molecule has 1 aromatic heterocycles. The molecule has 0 spiro atoms. The van der Waals surface area contributed by atoms with Crippen molar-refractivity contribution in [2.75, 3.05) is 6.61 Å². The van der Waals surface area contributed by atoms with Crippen molar-refractivity contribution in [2.24, 2.45) is 11.8 Å². The molecule has 0 radical (unpaired) electrons. The SMILES string of the molecule is Cc1nccc(C[C@@H]2[C@@H](CO)[C@H](O)C[C@H]2NCc2ccc(F)c(F)c2)n1. The van der Waals surface area contributed by atoms with Gasteiger partial charge in [-0.2, -0.15) is 0 Å². The van der Waals surface area contributed by atoms with Crippen LogP contribution in [0.15, 0.2) is 30.5 Å². The van der Waals surface area contributed by atoms with Gasteiger partial charge in [0.05, 0.1) is 6.10 Å². The van der Waals surface area contributed by atoms with E-state index in [2.05, 4.69) is 15.3 Å². The second-order valence-corrected chi connectivity index (χ2v) is 6.85. The Hall–Kier alpha value is -1.96. The molecule has 1 heterocycles. The second kappa shape index (κ2) is 8.16. The van der Waals surface area contributed by atoms with Crippen molar-refractivity contribution < 1.29 is 19.0 Å². The zero-order valence-electron chi connectivity index (χ0n) is 14.6. The van der Waals surface area contributed by atoms with Crippen LogP contribution in [0.5, 0.6) is 0 Å². The van der Waals surface area contributed by atoms with Gasteiger partial charge in [0.25, 0.3) is 0 Å². The van der Waals surface area contributed by atoms with Crippen LogP contribution < -0.4 is 5.32 Å². The first-order valence-electron chi connectivity index (χ1n) is 8.72. The summed E-state index contributed by atoms with van der Waals surface area (Å²) in [7, 11) is 0. The molecule has 3 rings (SSSR count). The summed E-state index contributed by atoms with van der Waals surface area (Å²) in [4.78, 5) is 8.50. The van der Waals surface area contributed by atoms with Gasteiger partial charge in [-0.1, -0.05) is 6.07 Å². The quantitative estimate of drug-likeness (QED) is 0.729. The van der Waals surface area contributed by atoms with Crippen LogP contribution in [0.3, 0.4) is 0 Å². The Morgan fingerprint density at radius 3 is 2.69 bits per heavy atom. The highest BCUT2D eigenvalue weighted by Gasteiger charge is 2.41. The van der Waals surface area contributed by atoms with Gasteiger partial charge >= 0.3 is 0 Å². The highest BCUT2D eigenvalue weighted by molar-refractivity contribution is 5.18. The summed E-state index contributed by atoms with van der Waals surface area (Å²) < 4.78 is 26.4. The molecule has 1 aliphatic rings. The molecular weight excluding hydrogens is 340 g/mol. The molecule has 2 aromatic rings. The van der Waals surface area contributed by atoms with Gasteiger partial charge in [0.1, 0.15) is 5.82 Å². The summed E-state index contributed by atoms with van der Waals surface area (Å²) in [5.74, 6) is -1.35. The van der Waals surface area contributed by atoms with Gasteiger partial charge < -0.3 is 15.5 Å². The number of aromatic nitrogens is 2. The number of hydrogen-bond acceptors (Lipinski definition) is 5. The Morgan fingerprint density at radius 1 is 1.19 bits per heavy atom. The van der Waals surface area contributed by atoms with E-state index in [1.807, 2.05) is 13.0 Å². The number of aryl methyl sites for hydroxylation is 1. The van der Waals surface area contributed by atoms with E-state index in [1.165, 1.54) is 12.1 Å². The molecule has 7 heteroatoms. The van der Waals surface area contributed by atoms with Crippen LogP contribution in [0.25, 0.3) is 0 Å². The maximum Gasteiger partial charge on any atom is 0.159 e. The fourth-order valence-corrected chi connectivity index (χ4v) is 3.74. The fraction of sp³-hybridized carbons (Fsp3) is 0.474. The van der Waals surface area contributed by atoms with Crippen LogP contribution in [0.2, 0.25) is 0 Å². The molecule has 140 valence electrons. The average Bonchev–Trinajstić information content (AvgIpc) is 2.90. The van der Waals surface area contributed by atoms with Crippen molar-refractivity contribution >= 4 is 0 Å². The molecule has 4 atom stereocenters. The van der Waals surface area contributed by atoms with Crippen LogP contribution in [0.1, 0.15) is 23.5 Å². The van der Waals surface area contributed by atoms with Crippen molar-refractivity contribution in [2.45, 2.75) is 38.5 Å². The lowest BCUT2D eigenvalue weighted by atomic mass is 9.88. The van der Waals surface area contributed by atoms with Crippen molar-refractivity contribution in [3.63, 3.8) is 0 Å². The summed E-state index contributed by atoms with van der Waals surface area (Å²) in [6.45, 7) is 2.06. The first-order chi connectivity index (χ1) is 12.5. The molecule has 0 bridgehead atoms. The molecule has 3 N–H and O–H groups in total. The second-order valence-electron chi connectivity index (χ2n) is 6.85. The maximum absolute atomic E-state index is 13.4. The minimum atomic E-state index is -0.878. The van der Waals surface area contributed by atoms with Gasteiger partial charge in [0, 0.05) is 37.0 Å². The van der Waals surface area contributed by atoms with Crippen LogP contribution in [-0.2, 0) is 13.0 Å². The number of halogens is 2. The Bertz CT molecular complexity index is 759. The summed E-state index contributed by atoms with van der Waals surface area (Å²) in [5, 5.41) is 23.3. The molecular formula is C19H23F2N3O2. The minimum Gasteiger partial charge on any atom is -0.396 e. The predicted molar refractivity (Wildman–Crippen MR) is 92.1 cm³/mol. The zero-order chi connectivity index (χ0) is 18.7. The van der Waals surface area contributed by atoms with Gasteiger partial charge in [-0.3, -0.25) is 0 Å². The first kappa shape index (κ1) is 18.8. The van der Waals surface area contributed by atoms with Crippen LogP contribution in [0.4, 0.5) is 8.78 Å². The molecule has 5 nitrogen and oxygen atoms in total. The smallest absolute Gasteiger partial charge is 0.159 e. The lowest BCUT2D eigenvalue weighted by molar-refractivity contribution is 0.0716. The molecule has 1 saturated carbocycles. The average molecular weight is 363 g/mol. The molecule has 1 aromatic carbocycles. The molecule has 0 amide bonds. The highest BCUT2D eigenvalue weighted by Crippen LogP contribution is 2.34. The van der Waals surface area contributed by atoms with Crippen LogP contribution in [0, 0.1) is 30.4 Å². The van der Waals surface area contributed by atoms with E-state index in [1.54, 1.807) is 6.20 Å². The number of nitrogens with one attached hydrogen (secondary N) is 1. The van der Waals surface area contributed by atoms with E-state index in [0.29, 0.717) is 30.8 Å². The standard InChI is InChI=1S/C19H23F2N3O2/c1-11-22-5-4-13(24-11)7-14-15(10-25)19(26)8-18(14)23-9-12-2-3-16(20)17(21)6-12/h2-6,14-15,18-19,23,25-26H,7-10H2,1H3/t14-,15-,18-,19-/m1/s1. The third-order valence-corrected chi connectivity index (χ3v) is 5.10. The molecule has 0 saturated heterocycles. The first-order valence-corrected chi connectivity index (χ1v) is 8.72. The number of nitrogens with zero attached hydrogens (tertiary/aromatic N) is 2. The van der Waals surface area contributed by atoms with E-state index in [4.69, 9.17) is 0 Å². The number of rotatable bonds is 6. The van der Waals surface area contributed by atoms with Crippen molar-refractivity contribution in [3.05, 3.63) is 59.2 Å². The maximum atomic E-state index is 13.4. The summed E-state index contributed by atoms with van der Waals surface area (Å²) in [6.07, 6.45) is 2.17. The monoisotopic (exact) mass is 363 g/mol. The summed E-state index contributed by atoms with van der Waals surface area (Å²) in [5.41, 5.74) is 1.48. The lowest BCUT2D eigenvalue weighted by Gasteiger charge is -2.25. The van der Waals surface area contributed by atoms with Gasteiger partial charge in [-0.05, 0) is 49.4 Å². The fourth-order valence-electron chi connectivity index (χ4n) is 3.74. The molecule has 0 unspecified atom stereocenters. The Kier molecular flexibility index (Phi) is 5.90. The normalized spacial score (nSPS) is 25.6. The van der Waals surface area contributed by atoms with E-state index in [-0.39, 0.29) is 24.5 Å². The molecule has 0 aliphatic heterocycles. The molecule has 26 heavy (non-hydrogen) atoms. The van der Waals surface area contributed by atoms with E-state index >= 15 is 0 Å². The van der Waals surface area contributed by atoms with Crippen LogP contribution in [-0.4, -0.2) is 38.9 Å². The summed E-state index contributed by atoms with van der Waals surface area (Å²) in [6, 6.07) is 5.57. The lowest BCUT2D eigenvalue weighted by Crippen LogP contribution is -2.36. The Labute approximate surface area is 151 Å². The van der Waals surface area contributed by atoms with Crippen molar-refractivity contribution in [1.29, 1.82) is 0 Å². The largest absolute Gasteiger partial charge is 0.396 e. The highest BCUT2D eigenvalue weighted by atomic mass is 19.2. The minimum absolute atomic E-state index is 0.0189. The Morgan fingerprint density at radius 2 is 2.00 bits per heavy atom.